The molecule has 1 aromatic heterocycles. The highest BCUT2D eigenvalue weighted by molar-refractivity contribution is 5.92. The molecule has 0 saturated heterocycles. The highest BCUT2D eigenvalue weighted by atomic mass is 16.2. The molecule has 1 aliphatic carbocycles. The Hall–Kier alpha value is -3.85. The van der Waals surface area contributed by atoms with Crippen LogP contribution >= 0.6 is 0 Å². The minimum Gasteiger partial charge on any atom is -0.367 e. The van der Waals surface area contributed by atoms with Crippen molar-refractivity contribution in [3.63, 3.8) is 0 Å². The summed E-state index contributed by atoms with van der Waals surface area (Å²) < 4.78 is 0. The van der Waals surface area contributed by atoms with Crippen LogP contribution in [-0.4, -0.2) is 23.1 Å². The van der Waals surface area contributed by atoms with Gasteiger partial charge in [0.15, 0.2) is 0 Å². The molecule has 1 fully saturated rings. The van der Waals surface area contributed by atoms with Crippen LogP contribution in [0.5, 0.6) is 0 Å². The van der Waals surface area contributed by atoms with Gasteiger partial charge in [-0.1, -0.05) is 48.0 Å². The summed E-state index contributed by atoms with van der Waals surface area (Å²) in [5, 5.41) is 15.5. The molecule has 168 valence electrons. The molecule has 1 heterocycles. The van der Waals surface area contributed by atoms with E-state index in [1.54, 1.807) is 12.3 Å². The summed E-state index contributed by atoms with van der Waals surface area (Å²) >= 11 is 0. The molecule has 2 N–H and O–H groups in total. The second kappa shape index (κ2) is 10.6. The normalized spacial score (nSPS) is 17.6. The van der Waals surface area contributed by atoms with E-state index in [9.17, 15) is 4.79 Å². The van der Waals surface area contributed by atoms with E-state index in [0.717, 1.165) is 42.8 Å². The van der Waals surface area contributed by atoms with E-state index >= 15 is 0 Å². The molecule has 1 aliphatic rings. The smallest absolute Gasteiger partial charge is 0.322 e. The highest BCUT2D eigenvalue weighted by Crippen LogP contribution is 2.29. The fraction of sp³-hybridized carbons (Fsp3) is 0.296. The fourth-order valence-electron chi connectivity index (χ4n) is 4.29. The third-order valence-corrected chi connectivity index (χ3v) is 6.12. The van der Waals surface area contributed by atoms with Gasteiger partial charge in [-0.2, -0.15) is 5.26 Å². The quantitative estimate of drug-likeness (QED) is 0.539. The summed E-state index contributed by atoms with van der Waals surface area (Å²) in [6, 6.07) is 24.2. The van der Waals surface area contributed by atoms with E-state index in [0.29, 0.717) is 18.2 Å². The molecule has 6 heteroatoms. The first-order valence-corrected chi connectivity index (χ1v) is 11.4. The third-order valence-electron chi connectivity index (χ3n) is 6.12. The minimum absolute atomic E-state index is 0.0622. The fourth-order valence-corrected chi connectivity index (χ4v) is 4.29. The minimum atomic E-state index is -0.0622. The molecule has 0 radical (unpaired) electrons. The molecule has 2 amide bonds. The zero-order valence-corrected chi connectivity index (χ0v) is 18.9. The number of nitrogens with zero attached hydrogens (tertiary/aromatic N) is 3. The van der Waals surface area contributed by atoms with E-state index in [2.05, 4.69) is 40.7 Å². The van der Waals surface area contributed by atoms with Crippen LogP contribution in [0.15, 0.2) is 72.9 Å². The van der Waals surface area contributed by atoms with Crippen LogP contribution in [0.2, 0.25) is 0 Å². The van der Waals surface area contributed by atoms with Crippen LogP contribution < -0.4 is 15.5 Å². The first-order chi connectivity index (χ1) is 16.1. The lowest BCUT2D eigenvalue weighted by atomic mass is 9.90. The average Bonchev–Trinajstić information content (AvgIpc) is 2.86. The maximum atomic E-state index is 13.3. The van der Waals surface area contributed by atoms with Gasteiger partial charge in [0.1, 0.15) is 11.9 Å². The monoisotopic (exact) mass is 439 g/mol. The molecule has 4 rings (SSSR count). The highest BCUT2D eigenvalue weighted by Gasteiger charge is 2.30. The van der Waals surface area contributed by atoms with Crippen LogP contribution in [-0.2, 0) is 6.54 Å². The van der Waals surface area contributed by atoms with Gasteiger partial charge in [0, 0.05) is 30.5 Å². The number of pyridine rings is 1. The molecule has 33 heavy (non-hydrogen) atoms. The molecule has 0 unspecified atom stereocenters. The van der Waals surface area contributed by atoms with Crippen molar-refractivity contribution in [1.29, 1.82) is 5.26 Å². The summed E-state index contributed by atoms with van der Waals surface area (Å²) in [6.45, 7) is 2.56. The van der Waals surface area contributed by atoms with Crippen LogP contribution in [0.3, 0.4) is 0 Å². The first-order valence-electron chi connectivity index (χ1n) is 11.4. The molecular weight excluding hydrogens is 410 g/mol. The van der Waals surface area contributed by atoms with Crippen molar-refractivity contribution >= 4 is 17.5 Å². The Labute approximate surface area is 195 Å². The Kier molecular flexibility index (Phi) is 7.21. The predicted molar refractivity (Wildman–Crippen MR) is 131 cm³/mol. The number of anilines is 2. The average molecular weight is 440 g/mol. The number of hydrogen-bond donors (Lipinski definition) is 2. The van der Waals surface area contributed by atoms with Crippen molar-refractivity contribution in [2.75, 3.05) is 10.2 Å². The topological polar surface area (TPSA) is 81.0 Å². The van der Waals surface area contributed by atoms with Crippen molar-refractivity contribution in [3.05, 3.63) is 89.6 Å². The number of nitriles is 1. The number of benzene rings is 2. The summed E-state index contributed by atoms with van der Waals surface area (Å²) in [7, 11) is 0. The number of rotatable bonds is 6. The van der Waals surface area contributed by atoms with Gasteiger partial charge in [-0.05, 0) is 62.4 Å². The molecule has 1 saturated carbocycles. The SMILES string of the molecule is Cc1ccc(N(C(=O)NCc2ccccc2)C2CCC(Nc3ccc(C#N)cn3)CC2)cc1. The number of carbonyl (C=O) groups excluding carboxylic acids is 1. The molecule has 6 nitrogen and oxygen atoms in total. The Bertz CT molecular complexity index is 1080. The van der Waals surface area contributed by atoms with Crippen molar-refractivity contribution in [2.24, 2.45) is 0 Å². The lowest BCUT2D eigenvalue weighted by Gasteiger charge is -2.37. The third kappa shape index (κ3) is 5.89. The van der Waals surface area contributed by atoms with E-state index in [1.807, 2.05) is 53.4 Å². The van der Waals surface area contributed by atoms with Crippen molar-refractivity contribution in [1.82, 2.24) is 10.3 Å². The maximum absolute atomic E-state index is 13.3. The van der Waals surface area contributed by atoms with E-state index in [4.69, 9.17) is 5.26 Å². The Balaban J connectivity index is 1.41. The molecule has 0 aliphatic heterocycles. The molecular formula is C27H29N5O. The molecule has 2 aromatic carbocycles. The van der Waals surface area contributed by atoms with Gasteiger partial charge in [-0.25, -0.2) is 9.78 Å². The largest absolute Gasteiger partial charge is 0.367 e. The van der Waals surface area contributed by atoms with Crippen LogP contribution in [0.1, 0.15) is 42.4 Å². The Morgan fingerprint density at radius 3 is 2.39 bits per heavy atom. The second-order valence-corrected chi connectivity index (χ2v) is 8.54. The van der Waals surface area contributed by atoms with Crippen LogP contribution in [0, 0.1) is 18.3 Å². The molecule has 0 atom stereocenters. The zero-order valence-electron chi connectivity index (χ0n) is 18.9. The first kappa shape index (κ1) is 22.3. The number of aromatic nitrogens is 1. The van der Waals surface area contributed by atoms with Crippen molar-refractivity contribution in [3.8, 4) is 6.07 Å². The van der Waals surface area contributed by atoms with Gasteiger partial charge in [-0.3, -0.25) is 4.90 Å². The number of carbonyl (C=O) groups is 1. The van der Waals surface area contributed by atoms with Crippen molar-refractivity contribution < 1.29 is 4.79 Å². The number of amides is 2. The lowest BCUT2D eigenvalue weighted by molar-refractivity contribution is 0.240. The lowest BCUT2D eigenvalue weighted by Crippen LogP contribution is -2.48. The number of hydrogen-bond acceptors (Lipinski definition) is 4. The predicted octanol–water partition coefficient (Wildman–Crippen LogP) is 5.40. The number of aryl methyl sites for hydroxylation is 1. The molecule has 3 aromatic rings. The van der Waals surface area contributed by atoms with Gasteiger partial charge >= 0.3 is 6.03 Å². The maximum Gasteiger partial charge on any atom is 0.322 e. The van der Waals surface area contributed by atoms with Crippen LogP contribution in [0.4, 0.5) is 16.3 Å². The van der Waals surface area contributed by atoms with Crippen LogP contribution in [0.25, 0.3) is 0 Å². The standard InChI is InChI=1S/C27H29N5O/c1-20-7-12-24(13-8-20)32(27(33)30-18-21-5-3-2-4-6-21)25-14-10-23(11-15-25)31-26-16-9-22(17-28)19-29-26/h2-9,12-13,16,19,23,25H,10-11,14-15,18H2,1H3,(H,29,31)(H,30,33). The summed E-state index contributed by atoms with van der Waals surface area (Å²) in [6.07, 6.45) is 5.28. The van der Waals surface area contributed by atoms with Gasteiger partial charge in [0.2, 0.25) is 0 Å². The van der Waals surface area contributed by atoms with Crippen molar-refractivity contribution in [2.45, 2.75) is 51.2 Å². The molecule has 0 bridgehead atoms. The van der Waals surface area contributed by atoms with Gasteiger partial charge in [-0.15, -0.1) is 0 Å². The Morgan fingerprint density at radius 2 is 1.76 bits per heavy atom. The summed E-state index contributed by atoms with van der Waals surface area (Å²) in [5.74, 6) is 0.786. The number of nitrogens with one attached hydrogen (secondary N) is 2. The van der Waals surface area contributed by atoms with Gasteiger partial charge in [0.25, 0.3) is 0 Å². The molecule has 0 spiro atoms. The van der Waals surface area contributed by atoms with E-state index < -0.39 is 0 Å². The van der Waals surface area contributed by atoms with Gasteiger partial charge in [0.05, 0.1) is 5.56 Å². The summed E-state index contributed by atoms with van der Waals surface area (Å²) in [5.41, 5.74) is 3.74. The summed E-state index contributed by atoms with van der Waals surface area (Å²) in [4.78, 5) is 19.6. The zero-order chi connectivity index (χ0) is 23.0. The van der Waals surface area contributed by atoms with E-state index in [-0.39, 0.29) is 12.1 Å². The Morgan fingerprint density at radius 1 is 1.03 bits per heavy atom. The van der Waals surface area contributed by atoms with Gasteiger partial charge < -0.3 is 10.6 Å². The number of urea groups is 1. The second-order valence-electron chi connectivity index (χ2n) is 8.54. The van der Waals surface area contributed by atoms with E-state index in [1.165, 1.54) is 5.56 Å².